The maximum Gasteiger partial charge on any atom is 0.224 e. The van der Waals surface area contributed by atoms with Gasteiger partial charge in [0.1, 0.15) is 5.65 Å². The molecule has 2 rings (SSSR count). The average molecular weight is 274 g/mol. The number of pyridine rings is 1. The van der Waals surface area contributed by atoms with E-state index in [0.29, 0.717) is 13.0 Å². The molecule has 20 heavy (non-hydrogen) atoms. The number of hydrogen-bond donors (Lipinski definition) is 3. The maximum atomic E-state index is 11.4. The Morgan fingerprint density at radius 2 is 2.20 bits per heavy atom. The molecular formula is C14H18N4O2. The Morgan fingerprint density at radius 1 is 1.40 bits per heavy atom. The first-order valence-corrected chi connectivity index (χ1v) is 6.50. The summed E-state index contributed by atoms with van der Waals surface area (Å²) in [7, 11) is 1.61. The maximum absolute atomic E-state index is 11.4. The second-order valence-electron chi connectivity index (χ2n) is 4.64. The molecular weight excluding hydrogens is 256 g/mol. The number of H-pyrrole nitrogens is 1. The molecule has 0 spiro atoms. The molecule has 0 saturated carbocycles. The highest BCUT2D eigenvalue weighted by Crippen LogP contribution is 2.18. The largest absolute Gasteiger partial charge is 0.359 e. The quantitative estimate of drug-likeness (QED) is 0.743. The third-order valence-electron chi connectivity index (χ3n) is 3.09. The number of aromatic nitrogens is 2. The van der Waals surface area contributed by atoms with Crippen LogP contribution in [0.25, 0.3) is 11.0 Å². The molecule has 0 aliphatic carbocycles. The molecule has 6 nitrogen and oxygen atoms in total. The number of likely N-dealkylation sites (N-methyl/N-ethyl adjacent to an activating group) is 1. The molecule has 0 aromatic carbocycles. The van der Waals surface area contributed by atoms with Gasteiger partial charge in [-0.2, -0.15) is 0 Å². The lowest BCUT2D eigenvalue weighted by atomic mass is 10.1. The van der Waals surface area contributed by atoms with Crippen LogP contribution in [0.2, 0.25) is 0 Å². The van der Waals surface area contributed by atoms with E-state index in [0.717, 1.165) is 28.6 Å². The van der Waals surface area contributed by atoms with Crippen molar-refractivity contribution in [1.29, 1.82) is 0 Å². The van der Waals surface area contributed by atoms with Crippen molar-refractivity contribution in [2.45, 2.75) is 19.8 Å². The van der Waals surface area contributed by atoms with E-state index in [1.54, 1.807) is 13.2 Å². The van der Waals surface area contributed by atoms with Crippen LogP contribution in [0.15, 0.2) is 18.5 Å². The van der Waals surface area contributed by atoms with Gasteiger partial charge in [0.2, 0.25) is 11.8 Å². The Bertz CT molecular complexity index is 633. The molecule has 2 aromatic heterocycles. The van der Waals surface area contributed by atoms with Gasteiger partial charge in [0, 0.05) is 38.3 Å². The zero-order valence-corrected chi connectivity index (χ0v) is 11.6. The number of rotatable bonds is 5. The number of hydrogen-bond acceptors (Lipinski definition) is 3. The smallest absolute Gasteiger partial charge is 0.224 e. The first-order valence-electron chi connectivity index (χ1n) is 6.50. The molecule has 0 fully saturated rings. The summed E-state index contributed by atoms with van der Waals surface area (Å²) < 4.78 is 0. The first kappa shape index (κ1) is 14.0. The lowest BCUT2D eigenvalue weighted by molar-refractivity contribution is -0.120. The minimum Gasteiger partial charge on any atom is -0.359 e. The van der Waals surface area contributed by atoms with Crippen molar-refractivity contribution in [1.82, 2.24) is 20.6 Å². The molecule has 0 atom stereocenters. The van der Waals surface area contributed by atoms with Crippen LogP contribution in [0.5, 0.6) is 0 Å². The van der Waals surface area contributed by atoms with Crippen molar-refractivity contribution < 1.29 is 9.59 Å². The van der Waals surface area contributed by atoms with E-state index in [-0.39, 0.29) is 11.8 Å². The summed E-state index contributed by atoms with van der Waals surface area (Å²) in [5.41, 5.74) is 2.75. The molecule has 2 aromatic rings. The summed E-state index contributed by atoms with van der Waals surface area (Å²) in [5.74, 6) is -0.0789. The number of aromatic amines is 1. The minimum atomic E-state index is -0.0403. The van der Waals surface area contributed by atoms with E-state index in [1.165, 1.54) is 6.92 Å². The predicted molar refractivity (Wildman–Crippen MR) is 76.3 cm³/mol. The zero-order chi connectivity index (χ0) is 14.5. The van der Waals surface area contributed by atoms with Gasteiger partial charge >= 0.3 is 0 Å². The fraction of sp³-hybridized carbons (Fsp3) is 0.357. The van der Waals surface area contributed by atoms with Gasteiger partial charge in [-0.15, -0.1) is 0 Å². The predicted octanol–water partition coefficient (Wildman–Crippen LogP) is 0.530. The fourth-order valence-electron chi connectivity index (χ4n) is 2.05. The Morgan fingerprint density at radius 3 is 2.90 bits per heavy atom. The number of fused-ring (bicyclic) bond motifs is 1. The Hall–Kier alpha value is -2.37. The number of carbonyl (C=O) groups excluding carboxylic acids is 2. The van der Waals surface area contributed by atoms with Gasteiger partial charge in [-0.3, -0.25) is 9.59 Å². The highest BCUT2D eigenvalue weighted by atomic mass is 16.2. The summed E-state index contributed by atoms with van der Waals surface area (Å²) in [4.78, 5) is 29.7. The monoisotopic (exact) mass is 274 g/mol. The lowest BCUT2D eigenvalue weighted by Crippen LogP contribution is -2.22. The van der Waals surface area contributed by atoms with E-state index in [9.17, 15) is 9.59 Å². The molecule has 2 amide bonds. The van der Waals surface area contributed by atoms with Crippen LogP contribution in [0.4, 0.5) is 0 Å². The van der Waals surface area contributed by atoms with Crippen LogP contribution >= 0.6 is 0 Å². The molecule has 0 aliphatic rings. The first-order chi connectivity index (χ1) is 9.60. The molecule has 0 unspecified atom stereocenters. The normalized spacial score (nSPS) is 10.5. The Kier molecular flexibility index (Phi) is 4.34. The highest BCUT2D eigenvalue weighted by molar-refractivity contribution is 5.83. The molecule has 106 valence electrons. The Labute approximate surface area is 117 Å². The zero-order valence-electron chi connectivity index (χ0n) is 11.6. The molecule has 6 heteroatoms. The van der Waals surface area contributed by atoms with Crippen molar-refractivity contribution in [2.75, 3.05) is 13.6 Å². The third-order valence-corrected chi connectivity index (χ3v) is 3.09. The van der Waals surface area contributed by atoms with Crippen molar-refractivity contribution in [3.05, 3.63) is 29.6 Å². The van der Waals surface area contributed by atoms with E-state index in [4.69, 9.17) is 0 Å². The molecule has 3 N–H and O–H groups in total. The Balaban J connectivity index is 2.16. The van der Waals surface area contributed by atoms with Gasteiger partial charge in [-0.1, -0.05) is 0 Å². The van der Waals surface area contributed by atoms with Gasteiger partial charge in [0.15, 0.2) is 0 Å². The summed E-state index contributed by atoms with van der Waals surface area (Å²) in [6.07, 6.45) is 4.63. The second-order valence-corrected chi connectivity index (χ2v) is 4.64. The summed E-state index contributed by atoms with van der Waals surface area (Å²) in [5, 5.41) is 6.36. The topological polar surface area (TPSA) is 86.9 Å². The van der Waals surface area contributed by atoms with Crippen molar-refractivity contribution >= 4 is 22.8 Å². The average Bonchev–Trinajstić information content (AvgIpc) is 2.81. The van der Waals surface area contributed by atoms with Crippen molar-refractivity contribution in [3.8, 4) is 0 Å². The molecule has 2 heterocycles. The van der Waals surface area contributed by atoms with Crippen molar-refractivity contribution in [2.24, 2.45) is 0 Å². The standard InChI is InChI=1S/C14H18N4O2/c1-9(19)16-4-3-11-8-18-14-12(11)5-10(7-17-14)6-13(20)15-2/h5,7-8H,3-4,6H2,1-2H3,(H,15,20)(H,16,19)(H,17,18). The van der Waals surface area contributed by atoms with Gasteiger partial charge in [-0.05, 0) is 23.6 Å². The summed E-state index contributed by atoms with van der Waals surface area (Å²) in [6.45, 7) is 2.08. The van der Waals surface area contributed by atoms with Crippen molar-refractivity contribution in [3.63, 3.8) is 0 Å². The lowest BCUT2D eigenvalue weighted by Gasteiger charge is -2.03. The van der Waals surface area contributed by atoms with Gasteiger partial charge in [0.25, 0.3) is 0 Å². The highest BCUT2D eigenvalue weighted by Gasteiger charge is 2.08. The van der Waals surface area contributed by atoms with Gasteiger partial charge in [-0.25, -0.2) is 4.98 Å². The van der Waals surface area contributed by atoms with Crippen LogP contribution in [0.1, 0.15) is 18.1 Å². The van der Waals surface area contributed by atoms with Gasteiger partial charge in [0.05, 0.1) is 6.42 Å². The van der Waals surface area contributed by atoms with Gasteiger partial charge < -0.3 is 15.6 Å². The molecule has 0 saturated heterocycles. The van der Waals surface area contributed by atoms with E-state index in [2.05, 4.69) is 20.6 Å². The van der Waals surface area contributed by atoms with E-state index >= 15 is 0 Å². The SMILES string of the molecule is CNC(=O)Cc1cnc2[nH]cc(CCNC(C)=O)c2c1. The minimum absolute atomic E-state index is 0.0386. The molecule has 0 bridgehead atoms. The van der Waals surface area contributed by atoms with Crippen LogP contribution in [0, 0.1) is 0 Å². The van der Waals surface area contributed by atoms with Crippen LogP contribution in [-0.4, -0.2) is 35.4 Å². The van der Waals surface area contributed by atoms with E-state index in [1.807, 2.05) is 12.3 Å². The number of carbonyl (C=O) groups is 2. The molecule has 0 aliphatic heterocycles. The van der Waals surface area contributed by atoms with Crippen LogP contribution in [-0.2, 0) is 22.4 Å². The number of nitrogens with zero attached hydrogens (tertiary/aromatic N) is 1. The number of nitrogens with one attached hydrogen (secondary N) is 3. The van der Waals surface area contributed by atoms with Crippen LogP contribution < -0.4 is 10.6 Å². The third kappa shape index (κ3) is 3.34. The summed E-state index contributed by atoms with van der Waals surface area (Å²) >= 11 is 0. The van der Waals surface area contributed by atoms with Crippen LogP contribution in [0.3, 0.4) is 0 Å². The number of amides is 2. The second kappa shape index (κ2) is 6.18. The fourth-order valence-corrected chi connectivity index (χ4v) is 2.05. The molecule has 0 radical (unpaired) electrons. The summed E-state index contributed by atoms with van der Waals surface area (Å²) in [6, 6.07) is 1.97. The van der Waals surface area contributed by atoms with E-state index < -0.39 is 0 Å².